The van der Waals surface area contributed by atoms with E-state index in [2.05, 4.69) is 5.32 Å². The Morgan fingerprint density at radius 3 is 2.21 bits per heavy atom. The van der Waals surface area contributed by atoms with E-state index in [-0.39, 0.29) is 16.3 Å². The number of nitrogens with one attached hydrogen (secondary N) is 2. The van der Waals surface area contributed by atoms with E-state index in [1.165, 1.54) is 30.3 Å². The Bertz CT molecular complexity index is 710. The summed E-state index contributed by atoms with van der Waals surface area (Å²) in [6.45, 7) is -1.04. The number of anilines is 1. The zero-order valence-electron chi connectivity index (χ0n) is 12.3. The number of aliphatic hydroxyl groups is 1. The van der Waals surface area contributed by atoms with Gasteiger partial charge >= 0.3 is 12.2 Å². The summed E-state index contributed by atoms with van der Waals surface area (Å²) in [5.74, 6) is 0. The van der Waals surface area contributed by atoms with Crippen LogP contribution in [0, 0.1) is 0 Å². The number of hydrogen-bond acceptors (Lipinski definition) is 2. The quantitative estimate of drug-likeness (QED) is 0.776. The minimum atomic E-state index is -4.97. The molecule has 8 heteroatoms. The number of carbonyl (C=O) groups is 1. The Labute approximate surface area is 141 Å². The highest BCUT2D eigenvalue weighted by Crippen LogP contribution is 2.38. The standard InChI is InChI=1S/C16H14ClF3N2O2/c17-12-8-4-5-9-13(12)22-14(23)21-10-15(24,16(18,19)20)11-6-2-1-3-7-11/h1-9,24H,10H2,(H2,21,22,23). The molecule has 0 aliphatic rings. The maximum Gasteiger partial charge on any atom is 0.423 e. The molecule has 0 spiro atoms. The molecule has 2 aromatic carbocycles. The SMILES string of the molecule is O=C(NCC(O)(c1ccccc1)C(F)(F)F)Nc1ccccc1Cl. The molecule has 0 bridgehead atoms. The van der Waals surface area contributed by atoms with Crippen LogP contribution in [0.15, 0.2) is 54.6 Å². The van der Waals surface area contributed by atoms with Crippen LogP contribution in [0.1, 0.15) is 5.56 Å². The van der Waals surface area contributed by atoms with E-state index in [9.17, 15) is 23.1 Å². The predicted octanol–water partition coefficient (Wildman–Crippen LogP) is 3.91. The van der Waals surface area contributed by atoms with Crippen LogP contribution in [0.25, 0.3) is 0 Å². The lowest BCUT2D eigenvalue weighted by Gasteiger charge is -2.31. The van der Waals surface area contributed by atoms with Crippen LogP contribution in [-0.2, 0) is 5.60 Å². The van der Waals surface area contributed by atoms with Gasteiger partial charge in [0.15, 0.2) is 0 Å². The lowest BCUT2D eigenvalue weighted by Crippen LogP contribution is -2.51. The fourth-order valence-corrected chi connectivity index (χ4v) is 2.20. The van der Waals surface area contributed by atoms with Crippen molar-refractivity contribution >= 4 is 23.3 Å². The third-order valence-corrected chi connectivity index (χ3v) is 3.68. The minimum Gasteiger partial charge on any atom is -0.375 e. The van der Waals surface area contributed by atoms with Crippen LogP contribution in [0.5, 0.6) is 0 Å². The van der Waals surface area contributed by atoms with Crippen molar-refractivity contribution in [1.82, 2.24) is 5.32 Å². The van der Waals surface area contributed by atoms with Crippen LogP contribution in [-0.4, -0.2) is 23.9 Å². The van der Waals surface area contributed by atoms with E-state index in [0.29, 0.717) is 0 Å². The molecule has 0 saturated heterocycles. The van der Waals surface area contributed by atoms with E-state index < -0.39 is 24.4 Å². The molecular weight excluding hydrogens is 345 g/mol. The van der Waals surface area contributed by atoms with Crippen molar-refractivity contribution in [3.8, 4) is 0 Å². The largest absolute Gasteiger partial charge is 0.423 e. The molecule has 24 heavy (non-hydrogen) atoms. The van der Waals surface area contributed by atoms with E-state index >= 15 is 0 Å². The van der Waals surface area contributed by atoms with Crippen molar-refractivity contribution in [3.63, 3.8) is 0 Å². The summed E-state index contributed by atoms with van der Waals surface area (Å²) in [7, 11) is 0. The molecule has 2 amide bonds. The highest BCUT2D eigenvalue weighted by molar-refractivity contribution is 6.33. The van der Waals surface area contributed by atoms with Crippen molar-refractivity contribution in [2.45, 2.75) is 11.8 Å². The monoisotopic (exact) mass is 358 g/mol. The summed E-state index contributed by atoms with van der Waals surface area (Å²) in [5.41, 5.74) is -3.33. The maximum absolute atomic E-state index is 13.3. The predicted molar refractivity (Wildman–Crippen MR) is 84.9 cm³/mol. The molecule has 0 aromatic heterocycles. The van der Waals surface area contributed by atoms with Crippen LogP contribution in [0.2, 0.25) is 5.02 Å². The molecule has 4 nitrogen and oxygen atoms in total. The zero-order valence-corrected chi connectivity index (χ0v) is 13.0. The molecule has 0 aliphatic carbocycles. The highest BCUT2D eigenvalue weighted by atomic mass is 35.5. The summed E-state index contributed by atoms with van der Waals surface area (Å²) in [6.07, 6.45) is -4.97. The fraction of sp³-hybridized carbons (Fsp3) is 0.188. The molecule has 1 unspecified atom stereocenters. The van der Waals surface area contributed by atoms with E-state index in [1.54, 1.807) is 12.1 Å². The van der Waals surface area contributed by atoms with Gasteiger partial charge in [-0.25, -0.2) is 4.79 Å². The van der Waals surface area contributed by atoms with E-state index in [1.807, 2.05) is 5.32 Å². The van der Waals surface area contributed by atoms with Crippen molar-refractivity contribution in [2.75, 3.05) is 11.9 Å². The van der Waals surface area contributed by atoms with Crippen molar-refractivity contribution in [3.05, 3.63) is 65.2 Å². The van der Waals surface area contributed by atoms with Gasteiger partial charge < -0.3 is 15.7 Å². The van der Waals surface area contributed by atoms with Gasteiger partial charge in [0.2, 0.25) is 5.60 Å². The molecule has 0 saturated carbocycles. The lowest BCUT2D eigenvalue weighted by atomic mass is 9.93. The van der Waals surface area contributed by atoms with Crippen LogP contribution >= 0.6 is 11.6 Å². The Morgan fingerprint density at radius 2 is 1.62 bits per heavy atom. The van der Waals surface area contributed by atoms with Gasteiger partial charge in [-0.05, 0) is 17.7 Å². The zero-order chi connectivity index (χ0) is 17.8. The fourth-order valence-electron chi connectivity index (χ4n) is 2.02. The third kappa shape index (κ3) is 3.98. The highest BCUT2D eigenvalue weighted by Gasteiger charge is 2.55. The van der Waals surface area contributed by atoms with Gasteiger partial charge in [0.25, 0.3) is 0 Å². The Balaban J connectivity index is 2.12. The summed E-state index contributed by atoms with van der Waals surface area (Å²) in [6, 6.07) is 11.9. The third-order valence-electron chi connectivity index (χ3n) is 3.35. The second kappa shape index (κ2) is 7.11. The molecule has 0 fully saturated rings. The first kappa shape index (κ1) is 18.1. The first-order valence-corrected chi connectivity index (χ1v) is 7.26. The van der Waals surface area contributed by atoms with Gasteiger partial charge in [-0.3, -0.25) is 0 Å². The first-order chi connectivity index (χ1) is 11.2. The van der Waals surface area contributed by atoms with Gasteiger partial charge in [0.1, 0.15) is 0 Å². The van der Waals surface area contributed by atoms with Gasteiger partial charge in [-0.1, -0.05) is 54.1 Å². The molecule has 0 radical (unpaired) electrons. The molecule has 2 rings (SSSR count). The topological polar surface area (TPSA) is 61.4 Å². The number of benzene rings is 2. The van der Waals surface area contributed by atoms with Crippen LogP contribution < -0.4 is 10.6 Å². The number of amides is 2. The number of hydrogen-bond donors (Lipinski definition) is 3. The Morgan fingerprint density at radius 1 is 1.04 bits per heavy atom. The van der Waals surface area contributed by atoms with E-state index in [0.717, 1.165) is 12.1 Å². The molecule has 2 aromatic rings. The van der Waals surface area contributed by atoms with Gasteiger partial charge in [-0.2, -0.15) is 13.2 Å². The van der Waals surface area contributed by atoms with Crippen molar-refractivity contribution in [2.24, 2.45) is 0 Å². The minimum absolute atomic E-state index is 0.238. The maximum atomic E-state index is 13.3. The average Bonchev–Trinajstić information content (AvgIpc) is 2.54. The van der Waals surface area contributed by atoms with Crippen LogP contribution in [0.3, 0.4) is 0 Å². The van der Waals surface area contributed by atoms with Gasteiger partial charge in [-0.15, -0.1) is 0 Å². The van der Waals surface area contributed by atoms with Crippen molar-refractivity contribution < 1.29 is 23.1 Å². The number of alkyl halides is 3. The summed E-state index contributed by atoms with van der Waals surface area (Å²) in [5, 5.41) is 14.7. The lowest BCUT2D eigenvalue weighted by molar-refractivity contribution is -0.263. The first-order valence-electron chi connectivity index (χ1n) is 6.88. The smallest absolute Gasteiger partial charge is 0.375 e. The molecule has 128 valence electrons. The number of urea groups is 1. The number of para-hydroxylation sites is 1. The molecule has 1 atom stereocenters. The Hall–Kier alpha value is -2.25. The second-order valence-electron chi connectivity index (χ2n) is 5.01. The normalized spacial score (nSPS) is 13.9. The summed E-state index contributed by atoms with van der Waals surface area (Å²) >= 11 is 5.85. The van der Waals surface area contributed by atoms with E-state index in [4.69, 9.17) is 11.6 Å². The molecule has 0 heterocycles. The second-order valence-corrected chi connectivity index (χ2v) is 5.42. The Kier molecular flexibility index (Phi) is 5.36. The molecule has 3 N–H and O–H groups in total. The molecule has 0 aliphatic heterocycles. The summed E-state index contributed by atoms with van der Waals surface area (Å²) in [4.78, 5) is 11.8. The number of carbonyl (C=O) groups excluding carboxylic acids is 1. The summed E-state index contributed by atoms with van der Waals surface area (Å²) < 4.78 is 39.9. The average molecular weight is 359 g/mol. The van der Waals surface area contributed by atoms with Gasteiger partial charge in [0, 0.05) is 0 Å². The van der Waals surface area contributed by atoms with Crippen LogP contribution in [0.4, 0.5) is 23.7 Å². The molecular formula is C16H14ClF3N2O2. The van der Waals surface area contributed by atoms with Crippen molar-refractivity contribution in [1.29, 1.82) is 0 Å². The van der Waals surface area contributed by atoms with Gasteiger partial charge in [0.05, 0.1) is 17.3 Å². The number of halogens is 4. The number of rotatable bonds is 4.